The van der Waals surface area contributed by atoms with Crippen molar-refractivity contribution in [2.24, 2.45) is 0 Å². The molecule has 1 N–H and O–H groups in total. The van der Waals surface area contributed by atoms with Crippen LogP contribution in [-0.2, 0) is 0 Å². The molecule has 0 aromatic heterocycles. The van der Waals surface area contributed by atoms with E-state index in [4.69, 9.17) is 10.4 Å². The lowest BCUT2D eigenvalue weighted by Crippen LogP contribution is -2.00. The molecule has 1 aliphatic carbocycles. The van der Waals surface area contributed by atoms with Gasteiger partial charge in [-0.05, 0) is 25.3 Å². The summed E-state index contributed by atoms with van der Waals surface area (Å²) in [5.74, 6) is 0. The van der Waals surface area contributed by atoms with Gasteiger partial charge in [0.2, 0.25) is 0 Å². The summed E-state index contributed by atoms with van der Waals surface area (Å²) in [6, 6.07) is 2.06. The van der Waals surface area contributed by atoms with Crippen LogP contribution in [0.5, 0.6) is 0 Å². The number of aliphatic hydroxyl groups is 1. The van der Waals surface area contributed by atoms with Crippen LogP contribution in [-0.4, -0.2) is 11.2 Å². The van der Waals surface area contributed by atoms with Crippen LogP contribution in [0.4, 0.5) is 0 Å². The van der Waals surface area contributed by atoms with Gasteiger partial charge in [0.25, 0.3) is 0 Å². The molecule has 0 radical (unpaired) electrons. The Bertz CT molecular complexity index is 188. The van der Waals surface area contributed by atoms with Gasteiger partial charge >= 0.3 is 0 Å². The van der Waals surface area contributed by atoms with Crippen molar-refractivity contribution in [1.29, 1.82) is 5.26 Å². The molecule has 0 aliphatic heterocycles. The summed E-state index contributed by atoms with van der Waals surface area (Å²) in [5, 5.41) is 17.5. The largest absolute Gasteiger partial charge is 0.389 e. The predicted molar refractivity (Wildman–Crippen MR) is 33.6 cm³/mol. The molecule has 48 valence electrons. The van der Waals surface area contributed by atoms with E-state index in [1.165, 1.54) is 0 Å². The first-order valence-corrected chi connectivity index (χ1v) is 3.03. The first-order valence-electron chi connectivity index (χ1n) is 3.03. The molecule has 9 heavy (non-hydrogen) atoms. The Morgan fingerprint density at radius 1 is 1.78 bits per heavy atom. The van der Waals surface area contributed by atoms with E-state index in [1.54, 1.807) is 0 Å². The van der Waals surface area contributed by atoms with E-state index in [0.717, 1.165) is 24.0 Å². The lowest BCUT2D eigenvalue weighted by Gasteiger charge is -1.98. The zero-order valence-corrected chi connectivity index (χ0v) is 5.39. The Hall–Kier alpha value is -0.810. The van der Waals surface area contributed by atoms with E-state index < -0.39 is 0 Å². The third-order valence-corrected chi connectivity index (χ3v) is 1.78. The molecule has 0 amide bonds. The second kappa shape index (κ2) is 2.20. The van der Waals surface area contributed by atoms with Gasteiger partial charge in [-0.15, -0.1) is 0 Å². The Labute approximate surface area is 54.4 Å². The molecule has 0 spiro atoms. The number of nitriles is 1. The van der Waals surface area contributed by atoms with Gasteiger partial charge in [-0.2, -0.15) is 5.26 Å². The highest BCUT2D eigenvalue weighted by molar-refractivity contribution is 5.32. The molecule has 1 rings (SSSR count). The standard InChI is InChI=1S/C7H9NO/c1-5-6(4-8)2-3-7(5)9/h7,9H,2-3H2,1H3. The molecule has 1 atom stereocenters. The number of rotatable bonds is 0. The molecule has 0 aromatic carbocycles. The molecule has 1 unspecified atom stereocenters. The van der Waals surface area contributed by atoms with Gasteiger partial charge in [-0.3, -0.25) is 0 Å². The van der Waals surface area contributed by atoms with Crippen LogP contribution < -0.4 is 0 Å². The molecule has 0 heterocycles. The van der Waals surface area contributed by atoms with E-state index in [2.05, 4.69) is 6.07 Å². The maximum atomic E-state index is 9.09. The fraction of sp³-hybridized carbons (Fsp3) is 0.571. The van der Waals surface area contributed by atoms with E-state index in [0.29, 0.717) is 0 Å². The first kappa shape index (κ1) is 6.31. The molecule has 0 fully saturated rings. The van der Waals surface area contributed by atoms with Crippen molar-refractivity contribution < 1.29 is 5.11 Å². The average molecular weight is 123 g/mol. The van der Waals surface area contributed by atoms with Gasteiger partial charge in [0.1, 0.15) is 0 Å². The van der Waals surface area contributed by atoms with Crippen LogP contribution in [0.15, 0.2) is 11.1 Å². The maximum absolute atomic E-state index is 9.09. The monoisotopic (exact) mass is 123 g/mol. The Kier molecular flexibility index (Phi) is 1.54. The second-order valence-electron chi connectivity index (χ2n) is 2.33. The number of allylic oxidation sites excluding steroid dienone is 1. The molecule has 1 aliphatic rings. The van der Waals surface area contributed by atoms with Gasteiger partial charge in [-0.1, -0.05) is 0 Å². The fourth-order valence-corrected chi connectivity index (χ4v) is 1.04. The summed E-state index contributed by atoms with van der Waals surface area (Å²) in [7, 11) is 0. The summed E-state index contributed by atoms with van der Waals surface area (Å²) in [4.78, 5) is 0. The number of nitrogens with zero attached hydrogens (tertiary/aromatic N) is 1. The summed E-state index contributed by atoms with van der Waals surface area (Å²) in [6.45, 7) is 1.82. The molecule has 2 heteroatoms. The van der Waals surface area contributed by atoms with Crippen LogP contribution in [0.25, 0.3) is 0 Å². The highest BCUT2D eigenvalue weighted by atomic mass is 16.3. The summed E-state index contributed by atoms with van der Waals surface area (Å²) >= 11 is 0. The Morgan fingerprint density at radius 2 is 2.44 bits per heavy atom. The smallest absolute Gasteiger partial charge is 0.0947 e. The normalized spacial score (nSPS) is 26.6. The van der Waals surface area contributed by atoms with Crippen LogP contribution in [0.3, 0.4) is 0 Å². The average Bonchev–Trinajstić information content (AvgIpc) is 2.15. The van der Waals surface area contributed by atoms with Crippen LogP contribution in [0.2, 0.25) is 0 Å². The van der Waals surface area contributed by atoms with E-state index in [-0.39, 0.29) is 6.10 Å². The number of hydrogen-bond acceptors (Lipinski definition) is 2. The van der Waals surface area contributed by atoms with Crippen molar-refractivity contribution in [1.82, 2.24) is 0 Å². The van der Waals surface area contributed by atoms with Gasteiger partial charge in [0.05, 0.1) is 12.2 Å². The number of hydrogen-bond donors (Lipinski definition) is 1. The first-order chi connectivity index (χ1) is 4.25. The molecular weight excluding hydrogens is 114 g/mol. The summed E-state index contributed by atoms with van der Waals surface area (Å²) in [5.41, 5.74) is 1.63. The molecule has 0 saturated carbocycles. The van der Waals surface area contributed by atoms with Crippen molar-refractivity contribution in [3.05, 3.63) is 11.1 Å². The van der Waals surface area contributed by atoms with E-state index >= 15 is 0 Å². The van der Waals surface area contributed by atoms with Crippen LogP contribution in [0, 0.1) is 11.3 Å². The quantitative estimate of drug-likeness (QED) is 0.521. The van der Waals surface area contributed by atoms with Gasteiger partial charge in [0.15, 0.2) is 0 Å². The zero-order valence-electron chi connectivity index (χ0n) is 5.39. The summed E-state index contributed by atoms with van der Waals surface area (Å²) < 4.78 is 0. The van der Waals surface area contributed by atoms with Crippen molar-refractivity contribution in [2.75, 3.05) is 0 Å². The van der Waals surface area contributed by atoms with Gasteiger partial charge in [-0.25, -0.2) is 0 Å². The van der Waals surface area contributed by atoms with E-state index in [9.17, 15) is 0 Å². The van der Waals surface area contributed by atoms with Crippen LogP contribution in [0.1, 0.15) is 19.8 Å². The van der Waals surface area contributed by atoms with Crippen LogP contribution >= 0.6 is 0 Å². The zero-order chi connectivity index (χ0) is 6.85. The molecule has 0 aromatic rings. The molecule has 0 bridgehead atoms. The van der Waals surface area contributed by atoms with Gasteiger partial charge < -0.3 is 5.11 Å². The third-order valence-electron chi connectivity index (χ3n) is 1.78. The van der Waals surface area contributed by atoms with Crippen molar-refractivity contribution >= 4 is 0 Å². The lowest BCUT2D eigenvalue weighted by molar-refractivity contribution is 0.212. The minimum Gasteiger partial charge on any atom is -0.389 e. The lowest BCUT2D eigenvalue weighted by atomic mass is 10.2. The minimum absolute atomic E-state index is 0.348. The van der Waals surface area contributed by atoms with Gasteiger partial charge in [0, 0.05) is 5.57 Å². The Balaban J connectivity index is 2.83. The fourth-order valence-electron chi connectivity index (χ4n) is 1.04. The molecular formula is C7H9NO. The predicted octanol–water partition coefficient (Wildman–Crippen LogP) is 0.981. The van der Waals surface area contributed by atoms with E-state index in [1.807, 2.05) is 6.92 Å². The molecule has 2 nitrogen and oxygen atoms in total. The maximum Gasteiger partial charge on any atom is 0.0947 e. The summed E-state index contributed by atoms with van der Waals surface area (Å²) in [6.07, 6.45) is 1.14. The highest BCUT2D eigenvalue weighted by Crippen LogP contribution is 2.24. The van der Waals surface area contributed by atoms with Crippen molar-refractivity contribution in [3.63, 3.8) is 0 Å². The van der Waals surface area contributed by atoms with Crippen molar-refractivity contribution in [2.45, 2.75) is 25.9 Å². The van der Waals surface area contributed by atoms with Crippen molar-refractivity contribution in [3.8, 4) is 6.07 Å². The SMILES string of the molecule is CC1=C(C#N)CCC1O. The topological polar surface area (TPSA) is 44.0 Å². The number of aliphatic hydroxyl groups excluding tert-OH is 1. The second-order valence-corrected chi connectivity index (χ2v) is 2.33. The molecule has 0 saturated heterocycles. The third kappa shape index (κ3) is 0.962. The minimum atomic E-state index is -0.348. The Morgan fingerprint density at radius 3 is 2.67 bits per heavy atom. The highest BCUT2D eigenvalue weighted by Gasteiger charge is 2.18.